The Kier molecular flexibility index (Phi) is 9.07. The molecule has 0 spiro atoms. The molecule has 0 saturated carbocycles. The SMILES string of the molecule is CCCOC(=O)CCC(=O)NC(=S)NNC(=O)c1ccc(C)c(Br)c1. The first-order chi connectivity index (χ1) is 11.8. The number of ether oxygens (including phenoxy) is 1. The third-order valence-electron chi connectivity index (χ3n) is 3.00. The molecule has 9 heteroatoms. The summed E-state index contributed by atoms with van der Waals surface area (Å²) in [6, 6.07) is 5.15. The van der Waals surface area contributed by atoms with Gasteiger partial charge in [0, 0.05) is 16.5 Å². The number of benzene rings is 1. The summed E-state index contributed by atoms with van der Waals surface area (Å²) in [5.74, 6) is -1.28. The predicted octanol–water partition coefficient (Wildman–Crippen LogP) is 2.13. The molecule has 1 aromatic carbocycles. The third kappa shape index (κ3) is 8.08. The largest absolute Gasteiger partial charge is 0.466 e. The number of hydrogen-bond donors (Lipinski definition) is 3. The molecular weight excluding hydrogens is 410 g/mol. The van der Waals surface area contributed by atoms with Crippen molar-refractivity contribution < 1.29 is 19.1 Å². The van der Waals surface area contributed by atoms with Gasteiger partial charge in [-0.3, -0.25) is 25.2 Å². The fraction of sp³-hybridized carbons (Fsp3) is 0.375. The van der Waals surface area contributed by atoms with E-state index in [-0.39, 0.29) is 18.0 Å². The van der Waals surface area contributed by atoms with Crippen LogP contribution in [0.1, 0.15) is 42.1 Å². The van der Waals surface area contributed by atoms with Crippen molar-refractivity contribution in [2.45, 2.75) is 33.1 Å². The number of hydrogen-bond acceptors (Lipinski definition) is 5. The van der Waals surface area contributed by atoms with Crippen molar-refractivity contribution >= 4 is 51.0 Å². The van der Waals surface area contributed by atoms with Crippen LogP contribution in [0.4, 0.5) is 0 Å². The van der Waals surface area contributed by atoms with E-state index in [1.807, 2.05) is 13.8 Å². The lowest BCUT2D eigenvalue weighted by Crippen LogP contribution is -2.48. The van der Waals surface area contributed by atoms with Gasteiger partial charge in [0.1, 0.15) is 0 Å². The number of esters is 1. The van der Waals surface area contributed by atoms with Crippen molar-refractivity contribution in [3.63, 3.8) is 0 Å². The van der Waals surface area contributed by atoms with Crippen LogP contribution in [0.5, 0.6) is 0 Å². The third-order valence-corrected chi connectivity index (χ3v) is 4.06. The van der Waals surface area contributed by atoms with Gasteiger partial charge in [-0.15, -0.1) is 0 Å². The highest BCUT2D eigenvalue weighted by Crippen LogP contribution is 2.17. The lowest BCUT2D eigenvalue weighted by molar-refractivity contribution is -0.144. The van der Waals surface area contributed by atoms with Gasteiger partial charge in [-0.2, -0.15) is 0 Å². The van der Waals surface area contributed by atoms with Crippen LogP contribution >= 0.6 is 28.1 Å². The fourth-order valence-corrected chi connectivity index (χ4v) is 2.19. The molecule has 25 heavy (non-hydrogen) atoms. The smallest absolute Gasteiger partial charge is 0.306 e. The van der Waals surface area contributed by atoms with Crippen LogP contribution in [-0.4, -0.2) is 29.5 Å². The molecule has 0 atom stereocenters. The topological polar surface area (TPSA) is 96.5 Å². The first-order valence-electron chi connectivity index (χ1n) is 7.65. The molecule has 1 rings (SSSR count). The summed E-state index contributed by atoms with van der Waals surface area (Å²) in [6.45, 7) is 4.13. The van der Waals surface area contributed by atoms with Crippen LogP contribution < -0.4 is 16.2 Å². The summed E-state index contributed by atoms with van der Waals surface area (Å²) in [7, 11) is 0. The standard InChI is InChI=1S/C16H20BrN3O4S/c1-3-8-24-14(22)7-6-13(21)18-16(25)20-19-15(23)11-5-4-10(2)12(17)9-11/h4-5,9H,3,6-8H2,1-2H3,(H,19,23)(H2,18,20,21,25). The van der Waals surface area contributed by atoms with E-state index >= 15 is 0 Å². The van der Waals surface area contributed by atoms with Crippen molar-refractivity contribution in [2.24, 2.45) is 0 Å². The molecular formula is C16H20BrN3O4S. The average molecular weight is 430 g/mol. The van der Waals surface area contributed by atoms with E-state index in [0.29, 0.717) is 12.2 Å². The fourth-order valence-electron chi connectivity index (χ4n) is 1.64. The Morgan fingerprint density at radius 3 is 2.56 bits per heavy atom. The maximum absolute atomic E-state index is 12.0. The minimum absolute atomic E-state index is 0.0296. The molecule has 0 saturated heterocycles. The number of carbonyl (C=O) groups is 3. The van der Waals surface area contributed by atoms with Crippen molar-refractivity contribution in [1.82, 2.24) is 16.2 Å². The Bertz CT molecular complexity index is 667. The molecule has 0 aliphatic heterocycles. The second-order valence-electron chi connectivity index (χ2n) is 5.14. The van der Waals surface area contributed by atoms with Crippen LogP contribution in [0.25, 0.3) is 0 Å². The van der Waals surface area contributed by atoms with Gasteiger partial charge in [0.25, 0.3) is 5.91 Å². The van der Waals surface area contributed by atoms with E-state index in [4.69, 9.17) is 17.0 Å². The molecule has 0 aliphatic rings. The number of hydrazine groups is 1. The molecule has 0 bridgehead atoms. The van der Waals surface area contributed by atoms with Gasteiger partial charge in [0.2, 0.25) is 5.91 Å². The summed E-state index contributed by atoms with van der Waals surface area (Å²) in [4.78, 5) is 35.0. The number of nitrogens with one attached hydrogen (secondary N) is 3. The van der Waals surface area contributed by atoms with Gasteiger partial charge in [0.15, 0.2) is 5.11 Å². The van der Waals surface area contributed by atoms with Crippen LogP contribution in [0.3, 0.4) is 0 Å². The van der Waals surface area contributed by atoms with Crippen molar-refractivity contribution in [1.29, 1.82) is 0 Å². The second-order valence-corrected chi connectivity index (χ2v) is 6.40. The number of halogens is 1. The Balaban J connectivity index is 2.34. The molecule has 0 fully saturated rings. The van der Waals surface area contributed by atoms with Gasteiger partial charge >= 0.3 is 5.97 Å². The summed E-state index contributed by atoms with van der Waals surface area (Å²) >= 11 is 8.26. The Labute approximate surface area is 160 Å². The average Bonchev–Trinajstić information content (AvgIpc) is 2.58. The molecule has 0 aromatic heterocycles. The number of rotatable bonds is 6. The summed E-state index contributed by atoms with van der Waals surface area (Å²) in [6.07, 6.45) is 0.643. The van der Waals surface area contributed by atoms with Gasteiger partial charge in [0.05, 0.1) is 13.0 Å². The van der Waals surface area contributed by atoms with Gasteiger partial charge in [-0.05, 0) is 43.3 Å². The minimum atomic E-state index is -0.446. The molecule has 0 aliphatic carbocycles. The number of amides is 2. The summed E-state index contributed by atoms with van der Waals surface area (Å²) in [5.41, 5.74) is 6.26. The van der Waals surface area contributed by atoms with Gasteiger partial charge < -0.3 is 10.1 Å². The molecule has 0 radical (unpaired) electrons. The monoisotopic (exact) mass is 429 g/mol. The quantitative estimate of drug-likeness (QED) is 0.364. The zero-order valence-electron chi connectivity index (χ0n) is 14.0. The lowest BCUT2D eigenvalue weighted by atomic mass is 10.1. The van der Waals surface area contributed by atoms with Crippen molar-refractivity contribution in [3.8, 4) is 0 Å². The first kappa shape index (κ1) is 21.0. The van der Waals surface area contributed by atoms with E-state index in [2.05, 4.69) is 32.1 Å². The zero-order valence-corrected chi connectivity index (χ0v) is 16.4. The first-order valence-corrected chi connectivity index (χ1v) is 8.85. The van der Waals surface area contributed by atoms with E-state index in [1.54, 1.807) is 18.2 Å². The highest BCUT2D eigenvalue weighted by atomic mass is 79.9. The normalized spacial score (nSPS) is 9.88. The maximum Gasteiger partial charge on any atom is 0.306 e. The molecule has 136 valence electrons. The van der Waals surface area contributed by atoms with Crippen LogP contribution in [0.2, 0.25) is 0 Å². The van der Waals surface area contributed by atoms with Crippen molar-refractivity contribution in [2.75, 3.05) is 6.61 Å². The van der Waals surface area contributed by atoms with E-state index < -0.39 is 17.8 Å². The highest BCUT2D eigenvalue weighted by Gasteiger charge is 2.11. The zero-order chi connectivity index (χ0) is 18.8. The number of thiocarbonyl (C=S) groups is 1. The molecule has 7 nitrogen and oxygen atoms in total. The Morgan fingerprint density at radius 1 is 1.20 bits per heavy atom. The lowest BCUT2D eigenvalue weighted by Gasteiger charge is -2.11. The highest BCUT2D eigenvalue weighted by molar-refractivity contribution is 9.10. The van der Waals surface area contributed by atoms with E-state index in [1.165, 1.54) is 0 Å². The van der Waals surface area contributed by atoms with Crippen LogP contribution in [0, 0.1) is 6.92 Å². The van der Waals surface area contributed by atoms with E-state index in [9.17, 15) is 14.4 Å². The summed E-state index contributed by atoms with van der Waals surface area (Å²) in [5, 5.41) is 2.30. The summed E-state index contributed by atoms with van der Waals surface area (Å²) < 4.78 is 5.68. The predicted molar refractivity (Wildman–Crippen MR) is 101 cm³/mol. The minimum Gasteiger partial charge on any atom is -0.466 e. The van der Waals surface area contributed by atoms with E-state index in [0.717, 1.165) is 16.5 Å². The number of carbonyl (C=O) groups excluding carboxylic acids is 3. The molecule has 2 amide bonds. The molecule has 0 unspecified atom stereocenters. The van der Waals surface area contributed by atoms with Crippen LogP contribution in [0.15, 0.2) is 22.7 Å². The van der Waals surface area contributed by atoms with Gasteiger partial charge in [-0.1, -0.05) is 28.9 Å². The van der Waals surface area contributed by atoms with Crippen LogP contribution in [-0.2, 0) is 14.3 Å². The second kappa shape index (κ2) is 10.8. The molecule has 0 heterocycles. The van der Waals surface area contributed by atoms with Gasteiger partial charge in [-0.25, -0.2) is 0 Å². The molecule has 1 aromatic rings. The number of aryl methyl sites for hydroxylation is 1. The molecule has 3 N–H and O–H groups in total. The Morgan fingerprint density at radius 2 is 1.92 bits per heavy atom. The maximum atomic E-state index is 12.0. The Hall–Kier alpha value is -2.00. The van der Waals surface area contributed by atoms with Crippen molar-refractivity contribution in [3.05, 3.63) is 33.8 Å².